The molecule has 3 aliphatic heterocycles. The first-order chi connectivity index (χ1) is 13.6. The van der Waals surface area contributed by atoms with Gasteiger partial charge in [-0.1, -0.05) is 23.7 Å². The normalized spacial score (nSPS) is 26.1. The van der Waals surface area contributed by atoms with E-state index in [1.165, 1.54) is 5.56 Å². The third-order valence-electron chi connectivity index (χ3n) is 5.93. The lowest BCUT2D eigenvalue weighted by atomic mass is 9.96. The van der Waals surface area contributed by atoms with E-state index in [1.807, 2.05) is 12.1 Å². The van der Waals surface area contributed by atoms with Crippen LogP contribution in [0, 0.1) is 0 Å². The number of likely N-dealkylation sites (tertiary alicyclic amines) is 1. The molecule has 2 atom stereocenters. The summed E-state index contributed by atoms with van der Waals surface area (Å²) in [4.78, 5) is 4.86. The first-order valence-electron chi connectivity index (χ1n) is 9.99. The number of morpholine rings is 1. The van der Waals surface area contributed by atoms with E-state index in [0.29, 0.717) is 30.9 Å². The maximum absolute atomic E-state index is 9.61. The van der Waals surface area contributed by atoms with Crippen LogP contribution in [0.2, 0.25) is 5.02 Å². The van der Waals surface area contributed by atoms with E-state index in [4.69, 9.17) is 22.1 Å². The van der Waals surface area contributed by atoms with E-state index in [2.05, 4.69) is 32.1 Å². The highest BCUT2D eigenvalue weighted by Gasteiger charge is 2.35. The van der Waals surface area contributed by atoms with Crippen LogP contribution in [-0.2, 0) is 11.2 Å². The minimum absolute atomic E-state index is 0. The van der Waals surface area contributed by atoms with Gasteiger partial charge in [0.15, 0.2) is 0 Å². The maximum atomic E-state index is 9.61. The van der Waals surface area contributed by atoms with Crippen molar-refractivity contribution in [1.29, 1.82) is 0 Å². The van der Waals surface area contributed by atoms with Crippen molar-refractivity contribution in [2.75, 3.05) is 32.8 Å². The van der Waals surface area contributed by atoms with Gasteiger partial charge in [-0.3, -0.25) is 4.90 Å². The van der Waals surface area contributed by atoms with E-state index in [-0.39, 0.29) is 25.1 Å². The Hall–Kier alpha value is -1.38. The van der Waals surface area contributed by atoms with Crippen molar-refractivity contribution in [2.45, 2.75) is 43.9 Å². The fourth-order valence-corrected chi connectivity index (χ4v) is 4.52. The molecule has 1 aromatic carbocycles. The number of hydrogen-bond donors (Lipinski definition) is 2. The molecule has 0 unspecified atom stereocenters. The van der Waals surface area contributed by atoms with Crippen molar-refractivity contribution in [2.24, 2.45) is 15.9 Å². The summed E-state index contributed by atoms with van der Waals surface area (Å²) < 4.78 is 5.89. The molecule has 3 heterocycles. The summed E-state index contributed by atoms with van der Waals surface area (Å²) in [5, 5.41) is 18.5. The molecule has 7 nitrogen and oxygen atoms in total. The minimum atomic E-state index is -0.105. The second-order valence-electron chi connectivity index (χ2n) is 7.82. The Kier molecular flexibility index (Phi) is 7.76. The number of nitrogens with two attached hydrogens (primary N) is 1. The van der Waals surface area contributed by atoms with Crippen molar-refractivity contribution in [3.63, 3.8) is 0 Å². The zero-order valence-corrected chi connectivity index (χ0v) is 18.0. The molecule has 0 aliphatic carbocycles. The zero-order valence-electron chi connectivity index (χ0n) is 16.4. The van der Waals surface area contributed by atoms with E-state index < -0.39 is 0 Å². The second kappa shape index (κ2) is 10.1. The molecule has 0 radical (unpaired) electrons. The average Bonchev–Trinajstić information content (AvgIpc) is 3.16. The number of halogens is 2. The van der Waals surface area contributed by atoms with Crippen LogP contribution in [0.3, 0.4) is 0 Å². The molecule has 2 saturated heterocycles. The Labute approximate surface area is 183 Å². The largest absolute Gasteiger partial charge is 0.394 e. The van der Waals surface area contributed by atoms with Crippen molar-refractivity contribution >= 4 is 35.7 Å². The van der Waals surface area contributed by atoms with E-state index >= 15 is 0 Å². The van der Waals surface area contributed by atoms with Gasteiger partial charge in [-0.25, -0.2) is 0 Å². The van der Waals surface area contributed by atoms with Crippen LogP contribution in [0.25, 0.3) is 0 Å². The number of benzene rings is 1. The number of ether oxygens (including phenoxy) is 1. The zero-order chi connectivity index (χ0) is 19.5. The van der Waals surface area contributed by atoms with Crippen molar-refractivity contribution in [3.05, 3.63) is 34.9 Å². The van der Waals surface area contributed by atoms with Crippen LogP contribution in [-0.4, -0.2) is 77.6 Å². The van der Waals surface area contributed by atoms with Crippen LogP contribution >= 0.6 is 24.0 Å². The predicted molar refractivity (Wildman–Crippen MR) is 118 cm³/mol. The van der Waals surface area contributed by atoms with E-state index in [1.54, 1.807) is 0 Å². The summed E-state index contributed by atoms with van der Waals surface area (Å²) in [6, 6.07) is 8.84. The standard InChI is InChI=1S/C20H28ClN5O2.ClH/c21-15-3-1-14(2-4-15)9-17-13-28-18(12-27)11-26(17)16-5-7-25(8-6-16)20-10-19(22)23-24-20;/h1-4,16-18,27H,5-13H2,(H2,22,23);1H/t17-,18+;/m0./s1. The lowest BCUT2D eigenvalue weighted by molar-refractivity contribution is -0.100. The Balaban J connectivity index is 0.00000240. The summed E-state index contributed by atoms with van der Waals surface area (Å²) in [5.74, 6) is 1.59. The van der Waals surface area contributed by atoms with Gasteiger partial charge in [-0.2, -0.15) is 0 Å². The lowest BCUT2D eigenvalue weighted by Crippen LogP contribution is -2.58. The summed E-state index contributed by atoms with van der Waals surface area (Å²) in [5.41, 5.74) is 7.02. The number of piperidine rings is 1. The van der Waals surface area contributed by atoms with Gasteiger partial charge in [-0.15, -0.1) is 22.6 Å². The minimum Gasteiger partial charge on any atom is -0.394 e. The van der Waals surface area contributed by atoms with E-state index in [0.717, 1.165) is 49.8 Å². The topological polar surface area (TPSA) is 86.7 Å². The quantitative estimate of drug-likeness (QED) is 0.744. The Bertz CT molecular complexity index is 735. The summed E-state index contributed by atoms with van der Waals surface area (Å²) in [6.45, 7) is 3.40. The number of rotatable bonds is 4. The van der Waals surface area contributed by atoms with Crippen molar-refractivity contribution in [3.8, 4) is 0 Å². The molecule has 3 N–H and O–H groups in total. The molecule has 29 heavy (non-hydrogen) atoms. The molecule has 0 aromatic heterocycles. The van der Waals surface area contributed by atoms with Gasteiger partial charge >= 0.3 is 0 Å². The highest BCUT2D eigenvalue weighted by atomic mass is 35.5. The molecule has 0 spiro atoms. The number of aliphatic hydroxyl groups is 1. The first-order valence-corrected chi connectivity index (χ1v) is 10.4. The number of hydrogen-bond acceptors (Lipinski definition) is 7. The lowest BCUT2D eigenvalue weighted by Gasteiger charge is -2.46. The molecule has 9 heteroatoms. The third-order valence-corrected chi connectivity index (χ3v) is 6.18. The third kappa shape index (κ3) is 5.41. The van der Waals surface area contributed by atoms with Gasteiger partial charge in [0.25, 0.3) is 0 Å². The monoisotopic (exact) mass is 441 g/mol. The highest BCUT2D eigenvalue weighted by molar-refractivity contribution is 6.30. The van der Waals surface area contributed by atoms with Gasteiger partial charge in [0.05, 0.1) is 25.7 Å². The first kappa shape index (κ1) is 22.3. The summed E-state index contributed by atoms with van der Waals surface area (Å²) >= 11 is 6.03. The molecule has 0 saturated carbocycles. The number of aliphatic hydroxyl groups excluding tert-OH is 1. The molecule has 160 valence electrons. The van der Waals surface area contributed by atoms with Crippen molar-refractivity contribution in [1.82, 2.24) is 9.80 Å². The van der Waals surface area contributed by atoms with E-state index in [9.17, 15) is 5.11 Å². The SMILES string of the molecule is Cl.NC1=NN=C(N2CCC(N3C[C@H](CO)OC[C@@H]3Cc3ccc(Cl)cc3)CC2)C1. The molecule has 2 fully saturated rings. The Morgan fingerprint density at radius 1 is 1.17 bits per heavy atom. The fraction of sp³-hybridized carbons (Fsp3) is 0.600. The highest BCUT2D eigenvalue weighted by Crippen LogP contribution is 2.26. The molecular weight excluding hydrogens is 413 g/mol. The maximum Gasteiger partial charge on any atom is 0.135 e. The van der Waals surface area contributed by atoms with Crippen LogP contribution < -0.4 is 5.73 Å². The average molecular weight is 442 g/mol. The molecule has 0 amide bonds. The Morgan fingerprint density at radius 2 is 1.90 bits per heavy atom. The van der Waals surface area contributed by atoms with Crippen LogP contribution in [0.1, 0.15) is 24.8 Å². The summed E-state index contributed by atoms with van der Waals surface area (Å²) in [7, 11) is 0. The van der Waals surface area contributed by atoms with Crippen LogP contribution in [0.4, 0.5) is 0 Å². The van der Waals surface area contributed by atoms with Gasteiger partial charge < -0.3 is 20.5 Å². The number of amidine groups is 2. The molecule has 3 aliphatic rings. The summed E-state index contributed by atoms with van der Waals surface area (Å²) in [6.07, 6.45) is 3.61. The predicted octanol–water partition coefficient (Wildman–Crippen LogP) is 1.90. The second-order valence-corrected chi connectivity index (χ2v) is 8.26. The van der Waals surface area contributed by atoms with Gasteiger partial charge in [-0.05, 0) is 37.0 Å². The van der Waals surface area contributed by atoms with Crippen LogP contribution in [0.15, 0.2) is 34.5 Å². The molecular formula is C20H29Cl2N5O2. The van der Waals surface area contributed by atoms with Crippen LogP contribution in [0.5, 0.6) is 0 Å². The molecule has 1 aromatic rings. The number of nitrogens with zero attached hydrogens (tertiary/aromatic N) is 4. The van der Waals surface area contributed by atoms with Gasteiger partial charge in [0, 0.05) is 36.7 Å². The molecule has 4 rings (SSSR count). The van der Waals surface area contributed by atoms with Gasteiger partial charge in [0.2, 0.25) is 0 Å². The molecule has 0 bridgehead atoms. The van der Waals surface area contributed by atoms with Gasteiger partial charge in [0.1, 0.15) is 11.7 Å². The van der Waals surface area contributed by atoms with Crippen molar-refractivity contribution < 1.29 is 9.84 Å². The fourth-order valence-electron chi connectivity index (χ4n) is 4.39. The Morgan fingerprint density at radius 3 is 2.52 bits per heavy atom. The smallest absolute Gasteiger partial charge is 0.135 e.